The van der Waals surface area contributed by atoms with Crippen LogP contribution in [0.15, 0.2) is 79.9 Å². The molecular formula is C34H39N5O5S. The topological polar surface area (TPSA) is 118 Å². The van der Waals surface area contributed by atoms with Crippen LogP contribution < -0.4 is 0 Å². The molecule has 45 heavy (non-hydrogen) atoms. The quantitative estimate of drug-likeness (QED) is 0.161. The maximum absolute atomic E-state index is 14.9. The third-order valence-electron chi connectivity index (χ3n) is 9.37. The second-order valence-electron chi connectivity index (χ2n) is 11.9. The van der Waals surface area contributed by atoms with Gasteiger partial charge in [0.2, 0.25) is 11.8 Å². The fourth-order valence-corrected chi connectivity index (χ4v) is 9.58. The summed E-state index contributed by atoms with van der Waals surface area (Å²) in [6.07, 6.45) is 7.23. The minimum absolute atomic E-state index is 0.101. The van der Waals surface area contributed by atoms with E-state index >= 15 is 0 Å². The van der Waals surface area contributed by atoms with E-state index in [-0.39, 0.29) is 49.5 Å². The Morgan fingerprint density at radius 1 is 1.13 bits per heavy atom. The standard InChI is InChI=1S/C34H39N5O5S/c1-3-5-6-12-20-44-33(43)28-27-17-18-34(45-27)29(28)31(41)39(26(21-40)23-13-8-7-9-14-23)30(34)32(42)37(19-4-2)22-38-25-16-11-10-15-24(25)35-36-38/h3-4,7-11,13-16,26-30,40H,1-2,5-6,12,17-22H2/t26-,27-,28+,29+,30?,34?/m1/s1. The lowest BCUT2D eigenvalue weighted by Crippen LogP contribution is -2.55. The van der Waals surface area contributed by atoms with Crippen LogP contribution >= 0.6 is 11.8 Å². The smallest absolute Gasteiger partial charge is 0.310 e. The Balaban J connectivity index is 1.37. The number of ether oxygens (including phenoxy) is 1. The average Bonchev–Trinajstić information content (AvgIpc) is 3.81. The summed E-state index contributed by atoms with van der Waals surface area (Å²) in [4.78, 5) is 46.3. The van der Waals surface area contributed by atoms with Crippen LogP contribution in [0.1, 0.15) is 43.7 Å². The van der Waals surface area contributed by atoms with Gasteiger partial charge in [0, 0.05) is 11.8 Å². The average molecular weight is 630 g/mol. The molecule has 11 heteroatoms. The summed E-state index contributed by atoms with van der Waals surface area (Å²) in [6, 6.07) is 15.1. The molecule has 0 aliphatic carbocycles. The van der Waals surface area contributed by atoms with Crippen molar-refractivity contribution in [2.45, 2.75) is 60.9 Å². The molecule has 2 amide bonds. The lowest BCUT2D eigenvalue weighted by molar-refractivity contribution is -0.154. The predicted octanol–water partition coefficient (Wildman–Crippen LogP) is 4.13. The second-order valence-corrected chi connectivity index (χ2v) is 13.5. The fourth-order valence-electron chi connectivity index (χ4n) is 7.39. The maximum Gasteiger partial charge on any atom is 0.310 e. The normalized spacial score (nSPS) is 25.7. The van der Waals surface area contributed by atoms with Crippen molar-refractivity contribution in [2.24, 2.45) is 11.8 Å². The number of nitrogens with zero attached hydrogens (tertiary/aromatic N) is 5. The van der Waals surface area contributed by atoms with E-state index in [1.54, 1.807) is 32.3 Å². The highest BCUT2D eigenvalue weighted by atomic mass is 32.2. The second kappa shape index (κ2) is 13.2. The number of carbonyl (C=O) groups is 3. The van der Waals surface area contributed by atoms with Gasteiger partial charge in [-0.2, -0.15) is 0 Å². The highest BCUT2D eigenvalue weighted by molar-refractivity contribution is 8.02. The van der Waals surface area contributed by atoms with Gasteiger partial charge >= 0.3 is 5.97 Å². The van der Waals surface area contributed by atoms with Crippen LogP contribution in [0.5, 0.6) is 0 Å². The van der Waals surface area contributed by atoms with E-state index in [1.165, 1.54) is 0 Å². The van der Waals surface area contributed by atoms with Crippen molar-refractivity contribution < 1.29 is 24.2 Å². The number of unbranched alkanes of at least 4 members (excludes halogenated alkanes) is 2. The lowest BCUT2D eigenvalue weighted by atomic mass is 9.71. The number of fused-ring (bicyclic) bond motifs is 2. The van der Waals surface area contributed by atoms with Crippen LogP contribution in [0.4, 0.5) is 0 Å². The van der Waals surface area contributed by atoms with Crippen LogP contribution in [-0.2, 0) is 25.8 Å². The molecule has 1 N–H and O–H groups in total. The largest absolute Gasteiger partial charge is 0.465 e. The van der Waals surface area contributed by atoms with Gasteiger partial charge in [-0.05, 0) is 49.8 Å². The Morgan fingerprint density at radius 2 is 1.91 bits per heavy atom. The van der Waals surface area contributed by atoms with E-state index in [4.69, 9.17) is 4.74 Å². The van der Waals surface area contributed by atoms with Gasteiger partial charge in [-0.15, -0.1) is 30.0 Å². The molecule has 3 aromatic rings. The summed E-state index contributed by atoms with van der Waals surface area (Å²) in [5, 5.41) is 19.2. The number of amides is 2. The first-order chi connectivity index (χ1) is 21.9. The van der Waals surface area contributed by atoms with Crippen LogP contribution in [-0.4, -0.2) is 83.5 Å². The molecule has 2 aromatic carbocycles. The Bertz CT molecular complexity index is 1580. The zero-order valence-electron chi connectivity index (χ0n) is 25.2. The van der Waals surface area contributed by atoms with Gasteiger partial charge in [-0.3, -0.25) is 14.4 Å². The Morgan fingerprint density at radius 3 is 2.67 bits per heavy atom. The molecule has 2 unspecified atom stereocenters. The first kappa shape index (κ1) is 31.0. The molecule has 4 heterocycles. The molecule has 1 spiro atoms. The number of aliphatic hydroxyl groups excluding tert-OH is 1. The zero-order chi connectivity index (χ0) is 31.6. The molecule has 3 aliphatic rings. The van der Waals surface area contributed by atoms with Crippen molar-refractivity contribution in [1.29, 1.82) is 0 Å². The summed E-state index contributed by atoms with van der Waals surface area (Å²) in [5.41, 5.74) is 2.21. The number of likely N-dealkylation sites (tertiary alicyclic amines) is 1. The zero-order valence-corrected chi connectivity index (χ0v) is 26.1. The molecule has 6 rings (SSSR count). The number of para-hydroxylation sites is 1. The third kappa shape index (κ3) is 5.46. The van der Waals surface area contributed by atoms with Gasteiger partial charge in [0.05, 0.1) is 41.4 Å². The van der Waals surface area contributed by atoms with Crippen LogP contribution in [0.2, 0.25) is 0 Å². The minimum Gasteiger partial charge on any atom is -0.465 e. The van der Waals surface area contributed by atoms with Gasteiger partial charge in [-0.1, -0.05) is 59.8 Å². The summed E-state index contributed by atoms with van der Waals surface area (Å²) < 4.78 is 6.57. The molecular weight excluding hydrogens is 590 g/mol. The minimum atomic E-state index is -0.914. The van der Waals surface area contributed by atoms with Crippen molar-refractivity contribution in [1.82, 2.24) is 24.8 Å². The molecule has 2 bridgehead atoms. The lowest BCUT2D eigenvalue weighted by Gasteiger charge is -2.39. The molecule has 0 saturated carbocycles. The van der Waals surface area contributed by atoms with E-state index in [1.807, 2.05) is 60.7 Å². The van der Waals surface area contributed by atoms with Gasteiger partial charge in [0.25, 0.3) is 0 Å². The molecule has 0 radical (unpaired) electrons. The number of hydrogen-bond donors (Lipinski definition) is 1. The van der Waals surface area contributed by atoms with Crippen molar-refractivity contribution in [3.05, 3.63) is 85.5 Å². The number of esters is 1. The third-order valence-corrected chi connectivity index (χ3v) is 11.3. The molecule has 10 nitrogen and oxygen atoms in total. The van der Waals surface area contributed by atoms with Crippen molar-refractivity contribution in [2.75, 3.05) is 19.8 Å². The molecule has 3 saturated heterocycles. The van der Waals surface area contributed by atoms with Crippen molar-refractivity contribution in [3.8, 4) is 0 Å². The van der Waals surface area contributed by atoms with Gasteiger partial charge in [0.1, 0.15) is 18.2 Å². The van der Waals surface area contributed by atoms with Crippen LogP contribution in [0.3, 0.4) is 0 Å². The number of aromatic nitrogens is 3. The fraction of sp³-hybridized carbons (Fsp3) is 0.441. The number of allylic oxidation sites excluding steroid dienone is 1. The van der Waals surface area contributed by atoms with E-state index in [2.05, 4.69) is 23.5 Å². The summed E-state index contributed by atoms with van der Waals surface area (Å²) in [7, 11) is 0. The number of hydrogen-bond acceptors (Lipinski definition) is 8. The predicted molar refractivity (Wildman–Crippen MR) is 172 cm³/mol. The van der Waals surface area contributed by atoms with Gasteiger partial charge in [-0.25, -0.2) is 4.68 Å². The Hall–Kier alpha value is -3.96. The van der Waals surface area contributed by atoms with Gasteiger partial charge in [0.15, 0.2) is 0 Å². The molecule has 6 atom stereocenters. The molecule has 236 valence electrons. The SMILES string of the molecule is C=CCCCCOC(=O)[C@@H]1[C@H]2C(=O)N([C@H](CO)c3ccccc3)C(C(=O)N(CC=C)Cn3nnc4ccccc43)C23CC[C@H]1S3. The molecule has 3 aliphatic heterocycles. The van der Waals surface area contributed by atoms with Crippen LogP contribution in [0.25, 0.3) is 11.0 Å². The highest BCUT2D eigenvalue weighted by Crippen LogP contribution is 2.67. The number of benzene rings is 2. The molecule has 3 fully saturated rings. The Kier molecular flexibility index (Phi) is 9.09. The summed E-state index contributed by atoms with van der Waals surface area (Å²) in [6.45, 7) is 7.86. The van der Waals surface area contributed by atoms with Crippen molar-refractivity contribution >= 4 is 40.6 Å². The number of rotatable bonds is 14. The van der Waals surface area contributed by atoms with E-state index in [0.717, 1.165) is 23.9 Å². The van der Waals surface area contributed by atoms with Gasteiger partial charge < -0.3 is 19.6 Å². The first-order valence-electron chi connectivity index (χ1n) is 15.6. The highest BCUT2D eigenvalue weighted by Gasteiger charge is 2.75. The van der Waals surface area contributed by atoms with Crippen molar-refractivity contribution in [3.63, 3.8) is 0 Å². The summed E-state index contributed by atoms with van der Waals surface area (Å²) in [5.74, 6) is -2.32. The van der Waals surface area contributed by atoms with E-state index in [0.29, 0.717) is 24.8 Å². The van der Waals surface area contributed by atoms with Crippen LogP contribution in [0, 0.1) is 11.8 Å². The number of aliphatic hydroxyl groups is 1. The van der Waals surface area contributed by atoms with E-state index < -0.39 is 28.7 Å². The monoisotopic (exact) mass is 629 g/mol. The molecule has 1 aromatic heterocycles. The number of carbonyl (C=O) groups excluding carboxylic acids is 3. The Labute approximate surface area is 267 Å². The summed E-state index contributed by atoms with van der Waals surface area (Å²) >= 11 is 1.58. The first-order valence-corrected chi connectivity index (χ1v) is 16.4. The number of thioether (sulfide) groups is 1. The van der Waals surface area contributed by atoms with E-state index in [9.17, 15) is 19.5 Å². The maximum atomic E-state index is 14.9.